The minimum absolute atomic E-state index is 0.405. The van der Waals surface area contributed by atoms with Gasteiger partial charge in [-0.1, -0.05) is 66.2 Å². The van der Waals surface area contributed by atoms with Gasteiger partial charge in [0, 0.05) is 11.5 Å². The largest absolute Gasteiger partial charge is 0.423 e. The summed E-state index contributed by atoms with van der Waals surface area (Å²) in [5, 5.41) is 3.57. The van der Waals surface area contributed by atoms with Crippen molar-refractivity contribution in [1.29, 1.82) is 0 Å². The molecule has 0 aliphatic heterocycles. The van der Waals surface area contributed by atoms with Gasteiger partial charge in [-0.25, -0.2) is 4.79 Å². The summed E-state index contributed by atoms with van der Waals surface area (Å²) in [6, 6.07) is 21.5. The Morgan fingerprint density at radius 1 is 0.792 bits per heavy atom. The zero-order valence-electron chi connectivity index (χ0n) is 12.7. The van der Waals surface area contributed by atoms with Crippen LogP contribution in [0.1, 0.15) is 11.1 Å². The molecule has 0 fully saturated rings. The fraction of sp³-hybridized carbons (Fsp3) is 0. The molecule has 3 heteroatoms. The summed E-state index contributed by atoms with van der Waals surface area (Å²) in [7, 11) is 0. The maximum absolute atomic E-state index is 11.3. The molecule has 1 aromatic heterocycles. The molecule has 2 nitrogen and oxygen atoms in total. The fourth-order valence-electron chi connectivity index (χ4n) is 2.75. The zero-order valence-corrected chi connectivity index (χ0v) is 13.5. The van der Waals surface area contributed by atoms with Crippen LogP contribution in [0.2, 0.25) is 5.02 Å². The van der Waals surface area contributed by atoms with Gasteiger partial charge in [-0.05, 0) is 40.1 Å². The van der Waals surface area contributed by atoms with Crippen molar-refractivity contribution in [3.63, 3.8) is 0 Å². The van der Waals surface area contributed by atoms with Crippen LogP contribution in [0.4, 0.5) is 0 Å². The van der Waals surface area contributed by atoms with Gasteiger partial charge < -0.3 is 4.42 Å². The SMILES string of the molecule is O=c1cc(Cl)c2cc(/C=C/c3ccc4ccccc4c3)ccc2o1. The van der Waals surface area contributed by atoms with Crippen molar-refractivity contribution in [2.75, 3.05) is 0 Å². The van der Waals surface area contributed by atoms with Gasteiger partial charge >= 0.3 is 5.63 Å². The molecule has 4 aromatic rings. The van der Waals surface area contributed by atoms with Crippen LogP contribution in [0.5, 0.6) is 0 Å². The monoisotopic (exact) mass is 332 g/mol. The molecule has 0 saturated heterocycles. The van der Waals surface area contributed by atoms with E-state index in [2.05, 4.69) is 36.4 Å². The Balaban J connectivity index is 1.72. The number of hydrogen-bond donors (Lipinski definition) is 0. The van der Waals surface area contributed by atoms with Crippen molar-refractivity contribution in [1.82, 2.24) is 0 Å². The summed E-state index contributed by atoms with van der Waals surface area (Å²) in [5.74, 6) is 0. The zero-order chi connectivity index (χ0) is 16.5. The molecule has 0 amide bonds. The number of hydrogen-bond acceptors (Lipinski definition) is 2. The Kier molecular flexibility index (Phi) is 3.68. The predicted molar refractivity (Wildman–Crippen MR) is 100 cm³/mol. The van der Waals surface area contributed by atoms with Crippen molar-refractivity contribution in [2.45, 2.75) is 0 Å². The van der Waals surface area contributed by atoms with Crippen LogP contribution < -0.4 is 5.63 Å². The first kappa shape index (κ1) is 14.7. The van der Waals surface area contributed by atoms with Crippen LogP contribution in [0, 0.1) is 0 Å². The summed E-state index contributed by atoms with van der Waals surface area (Å²) in [5.41, 5.74) is 2.17. The number of rotatable bonds is 2. The first-order chi connectivity index (χ1) is 11.7. The van der Waals surface area contributed by atoms with E-state index in [-0.39, 0.29) is 0 Å². The lowest BCUT2D eigenvalue weighted by atomic mass is 10.1. The summed E-state index contributed by atoms with van der Waals surface area (Å²) >= 11 is 6.13. The van der Waals surface area contributed by atoms with Gasteiger partial charge in [-0.3, -0.25) is 0 Å². The van der Waals surface area contributed by atoms with Gasteiger partial charge in [0.1, 0.15) is 5.58 Å². The molecule has 0 aliphatic carbocycles. The minimum Gasteiger partial charge on any atom is -0.423 e. The van der Waals surface area contributed by atoms with Crippen molar-refractivity contribution in [3.8, 4) is 0 Å². The van der Waals surface area contributed by atoms with Gasteiger partial charge in [0.2, 0.25) is 0 Å². The third-order valence-corrected chi connectivity index (χ3v) is 4.27. The highest BCUT2D eigenvalue weighted by Gasteiger charge is 2.03. The van der Waals surface area contributed by atoms with E-state index in [9.17, 15) is 4.79 Å². The molecule has 0 atom stereocenters. The van der Waals surface area contributed by atoms with E-state index < -0.39 is 5.63 Å². The highest BCUT2D eigenvalue weighted by atomic mass is 35.5. The Morgan fingerprint density at radius 3 is 2.33 bits per heavy atom. The molecule has 1 heterocycles. The Hall–Kier alpha value is -2.84. The molecule has 0 aliphatic rings. The lowest BCUT2D eigenvalue weighted by molar-refractivity contribution is 0.561. The standard InChI is InChI=1S/C21H13ClO2/c22-19-13-21(23)24-20-10-8-15(12-18(19)20)6-5-14-7-9-16-3-1-2-4-17(16)11-14/h1-13H/b6-5+. The Bertz CT molecular complexity index is 1140. The molecular formula is C21H13ClO2. The number of halogens is 1. The molecule has 0 spiro atoms. The van der Waals surface area contributed by atoms with Crippen LogP contribution in [-0.4, -0.2) is 0 Å². The van der Waals surface area contributed by atoms with Crippen LogP contribution in [0.15, 0.2) is 75.9 Å². The van der Waals surface area contributed by atoms with Gasteiger partial charge in [0.25, 0.3) is 0 Å². The summed E-state index contributed by atoms with van der Waals surface area (Å²) < 4.78 is 5.14. The van der Waals surface area contributed by atoms with E-state index in [0.717, 1.165) is 16.5 Å². The van der Waals surface area contributed by atoms with Crippen molar-refractivity contribution >= 4 is 45.5 Å². The van der Waals surface area contributed by atoms with Crippen molar-refractivity contribution in [2.24, 2.45) is 0 Å². The van der Waals surface area contributed by atoms with Crippen LogP contribution in [0.25, 0.3) is 33.9 Å². The molecule has 0 unspecified atom stereocenters. The van der Waals surface area contributed by atoms with Gasteiger partial charge in [-0.15, -0.1) is 0 Å². The molecule has 0 saturated carbocycles. The molecule has 3 aromatic carbocycles. The second-order valence-electron chi connectivity index (χ2n) is 5.61. The molecular weight excluding hydrogens is 320 g/mol. The van der Waals surface area contributed by atoms with E-state index >= 15 is 0 Å². The van der Waals surface area contributed by atoms with Crippen LogP contribution in [-0.2, 0) is 0 Å². The van der Waals surface area contributed by atoms with Gasteiger partial charge in [-0.2, -0.15) is 0 Å². The molecule has 0 N–H and O–H groups in total. The van der Waals surface area contributed by atoms with Crippen molar-refractivity contribution < 1.29 is 4.42 Å². The van der Waals surface area contributed by atoms with Crippen LogP contribution >= 0.6 is 11.6 Å². The predicted octanol–water partition coefficient (Wildman–Crippen LogP) is 5.77. The molecule has 116 valence electrons. The Labute approximate surface area is 143 Å². The third-order valence-electron chi connectivity index (χ3n) is 3.96. The lowest BCUT2D eigenvalue weighted by Gasteiger charge is -2.01. The molecule has 0 bridgehead atoms. The number of fused-ring (bicyclic) bond motifs is 2. The van der Waals surface area contributed by atoms with Gasteiger partial charge in [0.15, 0.2) is 0 Å². The highest BCUT2D eigenvalue weighted by Crippen LogP contribution is 2.24. The van der Waals surface area contributed by atoms with Crippen molar-refractivity contribution in [3.05, 3.63) is 93.3 Å². The van der Waals surface area contributed by atoms with Gasteiger partial charge in [0.05, 0.1) is 5.02 Å². The quantitative estimate of drug-likeness (QED) is 0.344. The maximum atomic E-state index is 11.3. The van der Waals surface area contributed by atoms with E-state index in [1.54, 1.807) is 6.07 Å². The maximum Gasteiger partial charge on any atom is 0.337 e. The smallest absolute Gasteiger partial charge is 0.337 e. The first-order valence-electron chi connectivity index (χ1n) is 7.59. The van der Waals surface area contributed by atoms with E-state index in [1.165, 1.54) is 16.8 Å². The average molecular weight is 333 g/mol. The molecule has 0 radical (unpaired) electrons. The second-order valence-corrected chi connectivity index (χ2v) is 6.02. The molecule has 24 heavy (non-hydrogen) atoms. The third kappa shape index (κ3) is 2.84. The first-order valence-corrected chi connectivity index (χ1v) is 7.97. The lowest BCUT2D eigenvalue weighted by Crippen LogP contribution is -1.95. The summed E-state index contributed by atoms with van der Waals surface area (Å²) in [6.45, 7) is 0. The highest BCUT2D eigenvalue weighted by molar-refractivity contribution is 6.35. The summed E-state index contributed by atoms with van der Waals surface area (Å²) in [4.78, 5) is 11.3. The minimum atomic E-state index is -0.438. The van der Waals surface area contributed by atoms with E-state index in [1.807, 2.05) is 30.3 Å². The average Bonchev–Trinajstić information content (AvgIpc) is 2.60. The number of benzene rings is 3. The van der Waals surface area contributed by atoms with Crippen LogP contribution in [0.3, 0.4) is 0 Å². The normalized spacial score (nSPS) is 11.5. The van der Waals surface area contributed by atoms with E-state index in [4.69, 9.17) is 16.0 Å². The van der Waals surface area contributed by atoms with E-state index in [0.29, 0.717) is 10.6 Å². The fourth-order valence-corrected chi connectivity index (χ4v) is 2.99. The summed E-state index contributed by atoms with van der Waals surface area (Å²) in [6.07, 6.45) is 4.08. The Morgan fingerprint density at radius 2 is 1.50 bits per heavy atom. The molecule has 4 rings (SSSR count). The second kappa shape index (κ2) is 5.99. The topological polar surface area (TPSA) is 30.2 Å².